The van der Waals surface area contributed by atoms with Gasteiger partial charge in [0.15, 0.2) is 0 Å². The lowest BCUT2D eigenvalue weighted by atomic mass is 9.92. The fourth-order valence-corrected chi connectivity index (χ4v) is 2.55. The van der Waals surface area contributed by atoms with Crippen LogP contribution in [0.1, 0.15) is 33.6 Å². The minimum absolute atomic E-state index is 0.0266. The highest BCUT2D eigenvalue weighted by molar-refractivity contribution is 5.75. The molecule has 1 aliphatic heterocycles. The maximum Gasteiger partial charge on any atom is 0.246 e. The van der Waals surface area contributed by atoms with Gasteiger partial charge < -0.3 is 9.80 Å². The number of carbonyl (C=O) groups is 1. The van der Waals surface area contributed by atoms with E-state index in [0.717, 1.165) is 13.0 Å². The molecule has 112 valence electrons. The molecule has 7 nitrogen and oxygen atoms in total. The monoisotopic (exact) mass is 280 g/mol. The van der Waals surface area contributed by atoms with Gasteiger partial charge in [0.25, 0.3) is 0 Å². The van der Waals surface area contributed by atoms with E-state index < -0.39 is 0 Å². The summed E-state index contributed by atoms with van der Waals surface area (Å²) in [5, 5.41) is 11.8. The summed E-state index contributed by atoms with van der Waals surface area (Å²) in [6.07, 6.45) is 2.37. The third-order valence-corrected chi connectivity index (χ3v) is 4.33. The Morgan fingerprint density at radius 1 is 1.45 bits per heavy atom. The van der Waals surface area contributed by atoms with E-state index >= 15 is 0 Å². The first-order valence-electron chi connectivity index (χ1n) is 7.31. The number of nitrogens with zero attached hydrogens (tertiary/aromatic N) is 6. The van der Waals surface area contributed by atoms with Gasteiger partial charge in [0.1, 0.15) is 6.54 Å². The summed E-state index contributed by atoms with van der Waals surface area (Å²) in [4.78, 5) is 15.9. The van der Waals surface area contributed by atoms with Crippen molar-refractivity contribution < 1.29 is 4.79 Å². The van der Waals surface area contributed by atoms with Gasteiger partial charge in [0.2, 0.25) is 11.9 Å². The zero-order chi connectivity index (χ0) is 14.7. The predicted octanol–water partition coefficient (Wildman–Crippen LogP) is 0.776. The fraction of sp³-hybridized carbons (Fsp3) is 0.846. The van der Waals surface area contributed by atoms with Crippen LogP contribution in [0, 0.1) is 5.92 Å². The Kier molecular flexibility index (Phi) is 4.57. The number of rotatable bonds is 4. The molecule has 2 atom stereocenters. The van der Waals surface area contributed by atoms with E-state index in [2.05, 4.69) is 34.3 Å². The van der Waals surface area contributed by atoms with Crippen LogP contribution in [0.3, 0.4) is 0 Å². The van der Waals surface area contributed by atoms with E-state index in [-0.39, 0.29) is 12.5 Å². The van der Waals surface area contributed by atoms with Crippen LogP contribution >= 0.6 is 0 Å². The Hall–Kier alpha value is -1.66. The minimum atomic E-state index is 0.0266. The van der Waals surface area contributed by atoms with Gasteiger partial charge in [-0.15, -0.1) is 0 Å². The number of tetrazole rings is 1. The Morgan fingerprint density at radius 2 is 2.20 bits per heavy atom. The molecule has 1 aliphatic rings. The number of aromatic nitrogens is 4. The zero-order valence-corrected chi connectivity index (χ0v) is 12.8. The molecule has 20 heavy (non-hydrogen) atoms. The third-order valence-electron chi connectivity index (χ3n) is 4.33. The highest BCUT2D eigenvalue weighted by Crippen LogP contribution is 2.26. The summed E-state index contributed by atoms with van der Waals surface area (Å²) in [5.74, 6) is 1.35. The quantitative estimate of drug-likeness (QED) is 0.815. The van der Waals surface area contributed by atoms with Gasteiger partial charge >= 0.3 is 0 Å². The van der Waals surface area contributed by atoms with Gasteiger partial charge in [0.05, 0.1) is 0 Å². The zero-order valence-electron chi connectivity index (χ0n) is 12.8. The molecular formula is C13H24N6O. The van der Waals surface area contributed by atoms with Gasteiger partial charge in [-0.1, -0.05) is 12.0 Å². The normalized spacial score (nSPS) is 22.9. The lowest BCUT2D eigenvalue weighted by molar-refractivity contribution is -0.130. The molecule has 7 heteroatoms. The molecule has 1 aromatic rings. The van der Waals surface area contributed by atoms with Gasteiger partial charge in [-0.2, -0.15) is 0 Å². The van der Waals surface area contributed by atoms with Crippen molar-refractivity contribution in [1.82, 2.24) is 25.1 Å². The highest BCUT2D eigenvalue weighted by Gasteiger charge is 2.29. The van der Waals surface area contributed by atoms with Gasteiger partial charge in [-0.25, -0.2) is 4.68 Å². The molecule has 0 aromatic carbocycles. The first-order valence-corrected chi connectivity index (χ1v) is 7.31. The summed E-state index contributed by atoms with van der Waals surface area (Å²) in [5.41, 5.74) is 0. The van der Waals surface area contributed by atoms with E-state index in [1.165, 1.54) is 6.42 Å². The van der Waals surface area contributed by atoms with E-state index in [9.17, 15) is 4.79 Å². The van der Waals surface area contributed by atoms with Crippen molar-refractivity contribution in [2.75, 3.05) is 25.0 Å². The van der Waals surface area contributed by atoms with Crippen molar-refractivity contribution >= 4 is 11.9 Å². The van der Waals surface area contributed by atoms with Crippen LogP contribution in [-0.4, -0.2) is 57.2 Å². The van der Waals surface area contributed by atoms with Crippen molar-refractivity contribution in [3.05, 3.63) is 0 Å². The van der Waals surface area contributed by atoms with Crippen LogP contribution in [0.2, 0.25) is 0 Å². The molecule has 1 amide bonds. The Bertz CT molecular complexity index is 459. The van der Waals surface area contributed by atoms with E-state index in [1.54, 1.807) is 16.6 Å². The minimum Gasteiger partial charge on any atom is -0.344 e. The predicted molar refractivity (Wildman–Crippen MR) is 76.3 cm³/mol. The second kappa shape index (κ2) is 6.19. The number of carbonyl (C=O) groups excluding carboxylic acids is 1. The van der Waals surface area contributed by atoms with Crippen molar-refractivity contribution in [1.29, 1.82) is 0 Å². The summed E-state index contributed by atoms with van der Waals surface area (Å²) >= 11 is 0. The average molecular weight is 280 g/mol. The van der Waals surface area contributed by atoms with Crippen molar-refractivity contribution in [2.45, 2.75) is 46.2 Å². The van der Waals surface area contributed by atoms with Crippen LogP contribution in [0.5, 0.6) is 0 Å². The van der Waals surface area contributed by atoms with Crippen LogP contribution in [0.25, 0.3) is 0 Å². The molecule has 0 bridgehead atoms. The lowest BCUT2D eigenvalue weighted by Gasteiger charge is -2.37. The molecule has 0 aliphatic carbocycles. The summed E-state index contributed by atoms with van der Waals surface area (Å²) in [6.45, 7) is 8.23. The summed E-state index contributed by atoms with van der Waals surface area (Å²) in [7, 11) is 1.79. The van der Waals surface area contributed by atoms with Crippen LogP contribution in [0.15, 0.2) is 0 Å². The number of piperidine rings is 1. The van der Waals surface area contributed by atoms with Gasteiger partial charge in [-0.05, 0) is 43.0 Å². The standard InChI is InChI=1S/C13H24N6O/c1-5-17(4)12(20)9-19-13(14-15-16-19)18-8-6-7-10(2)11(18)3/h10-11H,5-9H2,1-4H3. The number of hydrogen-bond donors (Lipinski definition) is 0. The average Bonchev–Trinajstić information content (AvgIpc) is 2.88. The molecule has 1 fully saturated rings. The van der Waals surface area contributed by atoms with E-state index in [4.69, 9.17) is 0 Å². The SMILES string of the molecule is CCN(C)C(=O)Cn1nnnc1N1CCCC(C)C1C. The van der Waals surface area contributed by atoms with Crippen LogP contribution in [-0.2, 0) is 11.3 Å². The Morgan fingerprint density at radius 3 is 2.90 bits per heavy atom. The Labute approximate surface area is 119 Å². The molecule has 1 saturated heterocycles. The maximum atomic E-state index is 12.0. The molecule has 0 N–H and O–H groups in total. The van der Waals surface area contributed by atoms with E-state index in [1.807, 2.05) is 6.92 Å². The second-order valence-corrected chi connectivity index (χ2v) is 5.60. The molecule has 0 radical (unpaired) electrons. The second-order valence-electron chi connectivity index (χ2n) is 5.60. The summed E-state index contributed by atoms with van der Waals surface area (Å²) < 4.78 is 1.61. The number of hydrogen-bond acceptors (Lipinski definition) is 5. The summed E-state index contributed by atoms with van der Waals surface area (Å²) in [6, 6.07) is 0.396. The Balaban J connectivity index is 2.14. The third kappa shape index (κ3) is 2.91. The molecule has 2 rings (SSSR count). The van der Waals surface area contributed by atoms with Gasteiger partial charge in [-0.3, -0.25) is 4.79 Å². The van der Waals surface area contributed by atoms with Crippen LogP contribution < -0.4 is 4.90 Å². The molecular weight excluding hydrogens is 256 g/mol. The smallest absolute Gasteiger partial charge is 0.246 e. The molecule has 0 spiro atoms. The number of likely N-dealkylation sites (N-methyl/N-ethyl adjacent to an activating group) is 1. The number of anilines is 1. The van der Waals surface area contributed by atoms with Crippen molar-refractivity contribution in [2.24, 2.45) is 5.92 Å². The highest BCUT2D eigenvalue weighted by atomic mass is 16.2. The molecule has 2 unspecified atom stereocenters. The van der Waals surface area contributed by atoms with Gasteiger partial charge in [0, 0.05) is 26.2 Å². The molecule has 0 saturated carbocycles. The molecule has 1 aromatic heterocycles. The van der Waals surface area contributed by atoms with E-state index in [0.29, 0.717) is 24.5 Å². The number of amides is 1. The van der Waals surface area contributed by atoms with Crippen molar-refractivity contribution in [3.63, 3.8) is 0 Å². The maximum absolute atomic E-state index is 12.0. The topological polar surface area (TPSA) is 67.2 Å². The fourth-order valence-electron chi connectivity index (χ4n) is 2.55. The largest absolute Gasteiger partial charge is 0.344 e. The van der Waals surface area contributed by atoms with Crippen molar-refractivity contribution in [3.8, 4) is 0 Å². The lowest BCUT2D eigenvalue weighted by Crippen LogP contribution is -2.44. The van der Waals surface area contributed by atoms with Crippen LogP contribution in [0.4, 0.5) is 5.95 Å². The molecule has 2 heterocycles. The first kappa shape index (κ1) is 14.7. The first-order chi connectivity index (χ1) is 9.54.